The molecule has 1 fully saturated rings. The van der Waals surface area contributed by atoms with Crippen molar-refractivity contribution < 1.29 is 29.4 Å². The molecular weight excluding hydrogens is 452 g/mol. The van der Waals surface area contributed by atoms with Crippen molar-refractivity contribution in [2.45, 2.75) is 43.8 Å². The Morgan fingerprint density at radius 1 is 1.00 bits per heavy atom. The first-order valence-electron chi connectivity index (χ1n) is 11.4. The molecule has 0 aliphatic carbocycles. The van der Waals surface area contributed by atoms with Gasteiger partial charge in [0.1, 0.15) is 24.4 Å². The maximum absolute atomic E-state index is 13.5. The first kappa shape index (κ1) is 25.7. The van der Waals surface area contributed by atoms with Crippen molar-refractivity contribution in [3.63, 3.8) is 0 Å². The van der Waals surface area contributed by atoms with E-state index in [1.807, 2.05) is 30.3 Å². The molecule has 6 N–H and O–H groups in total. The highest BCUT2D eigenvalue weighted by molar-refractivity contribution is 5.94. The normalized spacial score (nSPS) is 16.8. The Balaban J connectivity index is 1.75. The lowest BCUT2D eigenvalue weighted by Gasteiger charge is -2.29. The maximum atomic E-state index is 13.5. The second-order valence-corrected chi connectivity index (χ2v) is 8.53. The molecular formula is C25H30N4O6. The highest BCUT2D eigenvalue weighted by Crippen LogP contribution is 2.20. The van der Waals surface area contributed by atoms with Crippen LogP contribution in [-0.4, -0.2) is 70.0 Å². The minimum Gasteiger partial charge on any atom is -0.508 e. The Hall–Kier alpha value is -3.92. The zero-order valence-corrected chi connectivity index (χ0v) is 19.2. The van der Waals surface area contributed by atoms with Crippen LogP contribution in [-0.2, 0) is 32.0 Å². The van der Waals surface area contributed by atoms with Crippen molar-refractivity contribution in [3.8, 4) is 5.75 Å². The van der Waals surface area contributed by atoms with Gasteiger partial charge >= 0.3 is 5.97 Å². The standard InChI is InChI=1S/C25H30N4O6/c26-19(13-16-5-2-1-3-6-16)23(33)28-20(14-17-8-10-18(30)11-9-17)25(35)29-12-4-7-21(29)24(34)27-15-22(31)32/h1-3,5-6,8-11,19-21,30H,4,7,12-15,26H2,(H,27,34)(H,28,33)(H,31,32). The number of carbonyl (C=O) groups excluding carboxylic acids is 3. The SMILES string of the molecule is NC(Cc1ccccc1)C(=O)NC(Cc1ccc(O)cc1)C(=O)N1CCCC1C(=O)NCC(=O)O. The quantitative estimate of drug-likeness (QED) is 0.323. The molecule has 10 heteroatoms. The van der Waals surface area contributed by atoms with Crippen molar-refractivity contribution in [2.24, 2.45) is 5.73 Å². The van der Waals surface area contributed by atoms with Gasteiger partial charge < -0.3 is 31.5 Å². The third-order valence-electron chi connectivity index (χ3n) is 5.88. The molecule has 35 heavy (non-hydrogen) atoms. The predicted molar refractivity (Wildman–Crippen MR) is 127 cm³/mol. The number of nitrogens with two attached hydrogens (primary N) is 1. The van der Waals surface area contributed by atoms with E-state index >= 15 is 0 Å². The Kier molecular flexibility index (Phi) is 8.80. The minimum atomic E-state index is -1.18. The lowest BCUT2D eigenvalue weighted by atomic mass is 10.0. The second-order valence-electron chi connectivity index (χ2n) is 8.53. The Morgan fingerprint density at radius 3 is 2.31 bits per heavy atom. The Morgan fingerprint density at radius 2 is 1.66 bits per heavy atom. The molecule has 0 radical (unpaired) electrons. The molecule has 2 aromatic carbocycles. The molecule has 0 bridgehead atoms. The van der Waals surface area contributed by atoms with Crippen LogP contribution in [0.5, 0.6) is 5.75 Å². The summed E-state index contributed by atoms with van der Waals surface area (Å²) in [5.41, 5.74) is 7.70. The van der Waals surface area contributed by atoms with Crippen LogP contribution < -0.4 is 16.4 Å². The number of nitrogens with one attached hydrogen (secondary N) is 2. The van der Waals surface area contributed by atoms with E-state index in [4.69, 9.17) is 10.8 Å². The number of aromatic hydroxyl groups is 1. The fourth-order valence-electron chi connectivity index (χ4n) is 4.09. The number of hydrogen-bond acceptors (Lipinski definition) is 6. The van der Waals surface area contributed by atoms with Gasteiger partial charge in [-0.2, -0.15) is 0 Å². The first-order valence-corrected chi connectivity index (χ1v) is 11.4. The molecule has 10 nitrogen and oxygen atoms in total. The monoisotopic (exact) mass is 482 g/mol. The summed E-state index contributed by atoms with van der Waals surface area (Å²) < 4.78 is 0. The second kappa shape index (κ2) is 12.0. The summed E-state index contributed by atoms with van der Waals surface area (Å²) in [5.74, 6) is -2.61. The fourth-order valence-corrected chi connectivity index (χ4v) is 4.09. The number of carboxylic acid groups (broad SMARTS) is 1. The Labute approximate surface area is 203 Å². The average molecular weight is 483 g/mol. The van der Waals surface area contributed by atoms with Crippen LogP contribution in [0.15, 0.2) is 54.6 Å². The van der Waals surface area contributed by atoms with E-state index < -0.39 is 48.4 Å². The minimum absolute atomic E-state index is 0.0697. The summed E-state index contributed by atoms with van der Waals surface area (Å²) in [4.78, 5) is 51.1. The van der Waals surface area contributed by atoms with Crippen molar-refractivity contribution in [3.05, 3.63) is 65.7 Å². The molecule has 1 aliphatic heterocycles. The number of aliphatic carboxylic acids is 1. The largest absolute Gasteiger partial charge is 0.508 e. The topological polar surface area (TPSA) is 162 Å². The van der Waals surface area contributed by atoms with E-state index in [9.17, 15) is 24.3 Å². The van der Waals surface area contributed by atoms with Gasteiger partial charge in [0.2, 0.25) is 17.7 Å². The van der Waals surface area contributed by atoms with Gasteiger partial charge in [-0.05, 0) is 42.5 Å². The van der Waals surface area contributed by atoms with Crippen LogP contribution in [0.1, 0.15) is 24.0 Å². The van der Waals surface area contributed by atoms with Gasteiger partial charge in [-0.1, -0.05) is 42.5 Å². The smallest absolute Gasteiger partial charge is 0.322 e. The lowest BCUT2D eigenvalue weighted by molar-refractivity contribution is -0.142. The van der Waals surface area contributed by atoms with Crippen molar-refractivity contribution in [1.82, 2.24) is 15.5 Å². The van der Waals surface area contributed by atoms with E-state index in [2.05, 4.69) is 10.6 Å². The van der Waals surface area contributed by atoms with Crippen molar-refractivity contribution in [2.75, 3.05) is 13.1 Å². The fraction of sp³-hybridized carbons (Fsp3) is 0.360. The zero-order chi connectivity index (χ0) is 25.4. The molecule has 3 atom stereocenters. The number of amides is 3. The summed E-state index contributed by atoms with van der Waals surface area (Å²) in [6, 6.07) is 12.8. The van der Waals surface area contributed by atoms with E-state index in [-0.39, 0.29) is 18.6 Å². The molecule has 0 saturated carbocycles. The van der Waals surface area contributed by atoms with Gasteiger partial charge in [-0.3, -0.25) is 19.2 Å². The summed E-state index contributed by atoms with van der Waals surface area (Å²) in [5, 5.41) is 23.5. The average Bonchev–Trinajstić information content (AvgIpc) is 3.33. The molecule has 0 aromatic heterocycles. The number of likely N-dealkylation sites (tertiary alicyclic amines) is 1. The number of rotatable bonds is 10. The van der Waals surface area contributed by atoms with Crippen LogP contribution in [0.4, 0.5) is 0 Å². The summed E-state index contributed by atoms with van der Waals surface area (Å²) in [6.45, 7) is -0.235. The first-order chi connectivity index (χ1) is 16.7. The van der Waals surface area contributed by atoms with Crippen LogP contribution in [0.25, 0.3) is 0 Å². The van der Waals surface area contributed by atoms with E-state index in [1.165, 1.54) is 17.0 Å². The van der Waals surface area contributed by atoms with E-state index in [0.29, 0.717) is 24.9 Å². The molecule has 3 rings (SSSR count). The molecule has 1 heterocycles. The summed E-state index contributed by atoms with van der Waals surface area (Å²) in [7, 11) is 0. The van der Waals surface area contributed by atoms with E-state index in [1.54, 1.807) is 12.1 Å². The molecule has 3 amide bonds. The molecule has 3 unspecified atom stereocenters. The molecule has 1 saturated heterocycles. The maximum Gasteiger partial charge on any atom is 0.322 e. The number of benzene rings is 2. The highest BCUT2D eigenvalue weighted by Gasteiger charge is 2.38. The number of carboxylic acids is 1. The number of nitrogens with zero attached hydrogens (tertiary/aromatic N) is 1. The number of carbonyl (C=O) groups is 4. The van der Waals surface area contributed by atoms with Crippen LogP contribution in [0, 0.1) is 0 Å². The number of hydrogen-bond donors (Lipinski definition) is 5. The predicted octanol–water partition coefficient (Wildman–Crippen LogP) is 0.181. The number of phenolic OH excluding ortho intramolecular Hbond substituents is 1. The van der Waals surface area contributed by atoms with Crippen LogP contribution >= 0.6 is 0 Å². The zero-order valence-electron chi connectivity index (χ0n) is 19.2. The number of phenols is 1. The van der Waals surface area contributed by atoms with Gasteiger partial charge in [0.25, 0.3) is 0 Å². The third kappa shape index (κ3) is 7.28. The van der Waals surface area contributed by atoms with Gasteiger partial charge in [0.05, 0.1) is 6.04 Å². The lowest BCUT2D eigenvalue weighted by Crippen LogP contribution is -2.56. The third-order valence-corrected chi connectivity index (χ3v) is 5.88. The molecule has 2 aromatic rings. The molecule has 1 aliphatic rings. The van der Waals surface area contributed by atoms with Gasteiger partial charge in [-0.15, -0.1) is 0 Å². The summed E-state index contributed by atoms with van der Waals surface area (Å²) >= 11 is 0. The van der Waals surface area contributed by atoms with E-state index in [0.717, 1.165) is 5.56 Å². The van der Waals surface area contributed by atoms with Gasteiger partial charge in [-0.25, -0.2) is 0 Å². The van der Waals surface area contributed by atoms with Crippen molar-refractivity contribution in [1.29, 1.82) is 0 Å². The van der Waals surface area contributed by atoms with Gasteiger partial charge in [0.15, 0.2) is 0 Å². The molecule has 0 spiro atoms. The van der Waals surface area contributed by atoms with Crippen LogP contribution in [0.3, 0.4) is 0 Å². The molecule has 186 valence electrons. The Bertz CT molecular complexity index is 1040. The summed E-state index contributed by atoms with van der Waals surface area (Å²) in [6.07, 6.45) is 1.38. The van der Waals surface area contributed by atoms with Gasteiger partial charge in [0, 0.05) is 13.0 Å². The van der Waals surface area contributed by atoms with Crippen molar-refractivity contribution >= 4 is 23.7 Å². The highest BCUT2D eigenvalue weighted by atomic mass is 16.4. The van der Waals surface area contributed by atoms with Crippen LogP contribution in [0.2, 0.25) is 0 Å².